The van der Waals surface area contributed by atoms with Crippen molar-refractivity contribution in [1.29, 1.82) is 0 Å². The highest BCUT2D eigenvalue weighted by atomic mass is 32.1. The van der Waals surface area contributed by atoms with Crippen LogP contribution in [-0.4, -0.2) is 30.2 Å². The first-order chi connectivity index (χ1) is 7.55. The zero-order valence-electron chi connectivity index (χ0n) is 9.54. The maximum absolute atomic E-state index is 11.9. The summed E-state index contributed by atoms with van der Waals surface area (Å²) in [4.78, 5) is 12.3. The zero-order chi connectivity index (χ0) is 11.8. The molecule has 1 amide bonds. The van der Waals surface area contributed by atoms with Gasteiger partial charge in [0.05, 0.1) is 16.0 Å². The van der Waals surface area contributed by atoms with Crippen LogP contribution in [0.5, 0.6) is 0 Å². The Bertz CT molecular complexity index is 316. The molecule has 3 N–H and O–H groups in total. The molecule has 90 valence electrons. The number of nitrogens with two attached hydrogens (primary N) is 1. The number of carbonyl (C=O) groups excluding carboxylic acids is 1. The van der Waals surface area contributed by atoms with Crippen molar-refractivity contribution in [2.24, 2.45) is 11.1 Å². The number of hydrogen-bond donors (Lipinski definition) is 2. The minimum Gasteiger partial charge on any atom is -0.392 e. The standard InChI is InChI=1S/C11H18N2O2S/c1-15-10(3-2-4-10)7-13-9(14)11(5-6-11)8(12)16/h2-7H2,1H3,(H2,12,16)(H,13,14). The first kappa shape index (κ1) is 11.8. The highest BCUT2D eigenvalue weighted by molar-refractivity contribution is 7.80. The van der Waals surface area contributed by atoms with Gasteiger partial charge in [-0.05, 0) is 32.1 Å². The lowest BCUT2D eigenvalue weighted by molar-refractivity contribution is -0.127. The quantitative estimate of drug-likeness (QED) is 0.698. The molecule has 0 radical (unpaired) electrons. The van der Waals surface area contributed by atoms with Crippen molar-refractivity contribution in [2.45, 2.75) is 37.7 Å². The lowest BCUT2D eigenvalue weighted by Crippen LogP contribution is -2.51. The summed E-state index contributed by atoms with van der Waals surface area (Å²) < 4.78 is 5.44. The molecule has 0 aromatic carbocycles. The van der Waals surface area contributed by atoms with E-state index in [1.807, 2.05) is 0 Å². The van der Waals surface area contributed by atoms with Crippen LogP contribution >= 0.6 is 12.2 Å². The molecule has 2 aliphatic rings. The first-order valence-electron chi connectivity index (χ1n) is 5.68. The van der Waals surface area contributed by atoms with E-state index >= 15 is 0 Å². The van der Waals surface area contributed by atoms with Gasteiger partial charge in [0, 0.05) is 13.7 Å². The Labute approximate surface area is 101 Å². The summed E-state index contributed by atoms with van der Waals surface area (Å²) in [7, 11) is 1.70. The Balaban J connectivity index is 1.87. The molecule has 0 unspecified atom stereocenters. The fourth-order valence-corrected chi connectivity index (χ4v) is 2.44. The van der Waals surface area contributed by atoms with Gasteiger partial charge in [0.1, 0.15) is 0 Å². The highest BCUT2D eigenvalue weighted by Gasteiger charge is 2.53. The molecule has 0 bridgehead atoms. The molecule has 2 fully saturated rings. The van der Waals surface area contributed by atoms with Crippen molar-refractivity contribution < 1.29 is 9.53 Å². The van der Waals surface area contributed by atoms with Gasteiger partial charge in [-0.25, -0.2) is 0 Å². The molecule has 0 aliphatic heterocycles. The highest BCUT2D eigenvalue weighted by Crippen LogP contribution is 2.46. The molecule has 0 aromatic heterocycles. The van der Waals surface area contributed by atoms with Crippen LogP contribution in [0.2, 0.25) is 0 Å². The van der Waals surface area contributed by atoms with E-state index in [1.165, 1.54) is 6.42 Å². The molecule has 16 heavy (non-hydrogen) atoms. The van der Waals surface area contributed by atoms with Gasteiger partial charge in [0.15, 0.2) is 0 Å². The summed E-state index contributed by atoms with van der Waals surface area (Å²) in [5, 5.41) is 2.93. The second-order valence-electron chi connectivity index (χ2n) is 4.87. The molecule has 2 saturated carbocycles. The minimum atomic E-state index is -0.548. The van der Waals surface area contributed by atoms with Crippen molar-refractivity contribution in [3.63, 3.8) is 0 Å². The van der Waals surface area contributed by atoms with Gasteiger partial charge in [-0.1, -0.05) is 12.2 Å². The third-order valence-electron chi connectivity index (χ3n) is 3.93. The van der Waals surface area contributed by atoms with Crippen LogP contribution in [0.1, 0.15) is 32.1 Å². The molecular formula is C11H18N2O2S. The average Bonchev–Trinajstić information content (AvgIpc) is 2.97. The second kappa shape index (κ2) is 3.96. The molecule has 0 saturated heterocycles. The number of thiocarbonyl (C=S) groups is 1. The maximum Gasteiger partial charge on any atom is 0.233 e. The molecule has 2 rings (SSSR count). The molecule has 0 aromatic rings. The van der Waals surface area contributed by atoms with Crippen LogP contribution in [0, 0.1) is 5.41 Å². The third kappa shape index (κ3) is 1.82. The lowest BCUT2D eigenvalue weighted by atomic mass is 9.80. The number of hydrogen-bond acceptors (Lipinski definition) is 3. The SMILES string of the molecule is COC1(CNC(=O)C2(C(N)=S)CC2)CCC1. The number of methoxy groups -OCH3 is 1. The topological polar surface area (TPSA) is 64.3 Å². The largest absolute Gasteiger partial charge is 0.392 e. The monoisotopic (exact) mass is 242 g/mol. The molecule has 0 heterocycles. The normalized spacial score (nSPS) is 24.3. The van der Waals surface area contributed by atoms with Crippen LogP contribution in [0.15, 0.2) is 0 Å². The van der Waals surface area contributed by atoms with E-state index in [2.05, 4.69) is 5.32 Å². The summed E-state index contributed by atoms with van der Waals surface area (Å²) in [5.74, 6) is -0.0247. The van der Waals surface area contributed by atoms with E-state index in [4.69, 9.17) is 22.7 Å². The van der Waals surface area contributed by atoms with Gasteiger partial charge in [0.25, 0.3) is 0 Å². The van der Waals surface area contributed by atoms with E-state index in [0.29, 0.717) is 11.5 Å². The van der Waals surface area contributed by atoms with Gasteiger partial charge < -0.3 is 15.8 Å². The zero-order valence-corrected chi connectivity index (χ0v) is 10.4. The van der Waals surface area contributed by atoms with E-state index in [1.54, 1.807) is 7.11 Å². The Morgan fingerprint density at radius 3 is 2.38 bits per heavy atom. The van der Waals surface area contributed by atoms with Crippen molar-refractivity contribution in [1.82, 2.24) is 5.32 Å². The Hall–Kier alpha value is -0.680. The number of carbonyl (C=O) groups is 1. The Kier molecular flexibility index (Phi) is 2.92. The van der Waals surface area contributed by atoms with Crippen LogP contribution in [0.4, 0.5) is 0 Å². The van der Waals surface area contributed by atoms with Crippen molar-refractivity contribution in [3.05, 3.63) is 0 Å². The summed E-state index contributed by atoms with van der Waals surface area (Å²) in [6.07, 6.45) is 4.78. The van der Waals surface area contributed by atoms with Crippen LogP contribution in [0.3, 0.4) is 0 Å². The number of ether oxygens (including phenoxy) is 1. The van der Waals surface area contributed by atoms with Crippen LogP contribution in [-0.2, 0) is 9.53 Å². The summed E-state index contributed by atoms with van der Waals surface area (Å²) >= 11 is 4.93. The fourth-order valence-electron chi connectivity index (χ4n) is 2.15. The minimum absolute atomic E-state index is 0.0247. The molecule has 0 atom stereocenters. The number of nitrogens with one attached hydrogen (secondary N) is 1. The fraction of sp³-hybridized carbons (Fsp3) is 0.818. The predicted molar refractivity (Wildman–Crippen MR) is 65.1 cm³/mol. The Morgan fingerprint density at radius 2 is 2.06 bits per heavy atom. The maximum atomic E-state index is 11.9. The van der Waals surface area contributed by atoms with E-state index < -0.39 is 5.41 Å². The number of amides is 1. The van der Waals surface area contributed by atoms with Crippen molar-refractivity contribution in [2.75, 3.05) is 13.7 Å². The molecule has 2 aliphatic carbocycles. The Morgan fingerprint density at radius 1 is 1.44 bits per heavy atom. The first-order valence-corrected chi connectivity index (χ1v) is 6.09. The van der Waals surface area contributed by atoms with Gasteiger partial charge in [-0.15, -0.1) is 0 Å². The lowest BCUT2D eigenvalue weighted by Gasteiger charge is -2.40. The molecule has 4 nitrogen and oxygen atoms in total. The smallest absolute Gasteiger partial charge is 0.233 e. The summed E-state index contributed by atoms with van der Waals surface area (Å²) in [5.41, 5.74) is 4.91. The number of rotatable bonds is 5. The summed E-state index contributed by atoms with van der Waals surface area (Å²) in [6, 6.07) is 0. The van der Waals surface area contributed by atoms with E-state index in [-0.39, 0.29) is 11.5 Å². The predicted octanol–water partition coefficient (Wildman–Crippen LogP) is 0.738. The van der Waals surface area contributed by atoms with Gasteiger partial charge in [-0.3, -0.25) is 4.79 Å². The van der Waals surface area contributed by atoms with Gasteiger partial charge in [0.2, 0.25) is 5.91 Å². The third-order valence-corrected chi connectivity index (χ3v) is 4.32. The second-order valence-corrected chi connectivity index (χ2v) is 5.31. The van der Waals surface area contributed by atoms with E-state index in [9.17, 15) is 4.79 Å². The van der Waals surface area contributed by atoms with Crippen molar-refractivity contribution >= 4 is 23.1 Å². The van der Waals surface area contributed by atoms with Gasteiger partial charge in [-0.2, -0.15) is 0 Å². The average molecular weight is 242 g/mol. The van der Waals surface area contributed by atoms with Gasteiger partial charge >= 0.3 is 0 Å². The molecule has 5 heteroatoms. The molecular weight excluding hydrogens is 224 g/mol. The van der Waals surface area contributed by atoms with Crippen molar-refractivity contribution in [3.8, 4) is 0 Å². The summed E-state index contributed by atoms with van der Waals surface area (Å²) in [6.45, 7) is 0.576. The van der Waals surface area contributed by atoms with E-state index in [0.717, 1.165) is 25.7 Å². The van der Waals surface area contributed by atoms with Crippen LogP contribution in [0.25, 0.3) is 0 Å². The molecule has 0 spiro atoms. The van der Waals surface area contributed by atoms with Crippen LogP contribution < -0.4 is 11.1 Å².